The molecule has 21 heavy (non-hydrogen) atoms. The molecule has 110 valence electrons. The molecule has 2 aromatic carbocycles. The molecule has 0 heterocycles. The summed E-state index contributed by atoms with van der Waals surface area (Å²) in [5.74, 6) is 0. The van der Waals surface area contributed by atoms with Gasteiger partial charge >= 0.3 is 6.03 Å². The summed E-state index contributed by atoms with van der Waals surface area (Å²) in [4.78, 5) is 13.9. The molecule has 0 aromatic heterocycles. The van der Waals surface area contributed by atoms with Gasteiger partial charge in [-0.25, -0.2) is 4.79 Å². The maximum Gasteiger partial charge on any atom is 0.326 e. The number of carbonyl (C=O) groups is 1. The number of hydrogen-bond donors (Lipinski definition) is 2. The van der Waals surface area contributed by atoms with Crippen molar-refractivity contribution in [2.24, 2.45) is 0 Å². The van der Waals surface area contributed by atoms with Crippen molar-refractivity contribution in [3.05, 3.63) is 52.5 Å². The van der Waals surface area contributed by atoms with E-state index in [-0.39, 0.29) is 6.03 Å². The molecule has 2 rings (SSSR count). The second-order valence-corrected chi connectivity index (χ2v) is 5.26. The number of carbonyl (C=O) groups excluding carboxylic acids is 1. The quantitative estimate of drug-likeness (QED) is 0.809. The number of para-hydroxylation sites is 2. The number of anilines is 3. The van der Waals surface area contributed by atoms with E-state index in [9.17, 15) is 4.79 Å². The molecule has 0 aliphatic heterocycles. The van der Waals surface area contributed by atoms with Gasteiger partial charge in [0.05, 0.1) is 11.4 Å². The molecule has 2 amide bonds. The van der Waals surface area contributed by atoms with Gasteiger partial charge in [-0.05, 0) is 37.3 Å². The number of rotatable bonds is 3. The molecule has 0 bridgehead atoms. The molecule has 0 unspecified atom stereocenters. The van der Waals surface area contributed by atoms with Crippen LogP contribution in [0.5, 0.6) is 0 Å². The van der Waals surface area contributed by atoms with Crippen LogP contribution in [0.1, 0.15) is 6.92 Å². The fourth-order valence-electron chi connectivity index (χ4n) is 1.97. The molecule has 0 aliphatic rings. The third-order valence-electron chi connectivity index (χ3n) is 2.90. The summed E-state index contributed by atoms with van der Waals surface area (Å²) in [5, 5.41) is 3.68. The minimum atomic E-state index is -0.297. The summed E-state index contributed by atoms with van der Waals surface area (Å²) in [6.07, 6.45) is 0. The first-order chi connectivity index (χ1) is 10.0. The van der Waals surface area contributed by atoms with Crippen molar-refractivity contribution in [3.8, 4) is 0 Å². The van der Waals surface area contributed by atoms with Crippen LogP contribution in [0, 0.1) is 0 Å². The predicted octanol–water partition coefficient (Wildman–Crippen LogP) is 4.63. The molecule has 0 aliphatic carbocycles. The number of halogens is 2. The minimum Gasteiger partial charge on any atom is -0.397 e. The monoisotopic (exact) mass is 323 g/mol. The van der Waals surface area contributed by atoms with Gasteiger partial charge in [0.25, 0.3) is 0 Å². The van der Waals surface area contributed by atoms with Gasteiger partial charge in [0, 0.05) is 22.3 Å². The largest absolute Gasteiger partial charge is 0.397 e. The van der Waals surface area contributed by atoms with Crippen molar-refractivity contribution in [1.29, 1.82) is 0 Å². The Balaban J connectivity index is 2.23. The van der Waals surface area contributed by atoms with Gasteiger partial charge in [-0.3, -0.25) is 4.90 Å². The van der Waals surface area contributed by atoms with Crippen LogP contribution in [0.2, 0.25) is 10.0 Å². The Hall–Kier alpha value is -1.91. The molecular formula is C15H15Cl2N3O. The van der Waals surface area contributed by atoms with Gasteiger partial charge in [-0.15, -0.1) is 0 Å². The van der Waals surface area contributed by atoms with E-state index in [1.54, 1.807) is 35.2 Å². The van der Waals surface area contributed by atoms with Gasteiger partial charge in [0.1, 0.15) is 0 Å². The first-order valence-electron chi connectivity index (χ1n) is 6.40. The van der Waals surface area contributed by atoms with Crippen LogP contribution >= 0.6 is 23.2 Å². The number of benzene rings is 2. The van der Waals surface area contributed by atoms with Crippen LogP contribution in [-0.4, -0.2) is 12.6 Å². The van der Waals surface area contributed by atoms with Crippen LogP contribution in [-0.2, 0) is 0 Å². The summed E-state index contributed by atoms with van der Waals surface area (Å²) >= 11 is 11.8. The third kappa shape index (κ3) is 3.80. The first kappa shape index (κ1) is 15.5. The molecule has 0 spiro atoms. The highest BCUT2D eigenvalue weighted by molar-refractivity contribution is 6.35. The van der Waals surface area contributed by atoms with E-state index in [1.807, 2.05) is 19.1 Å². The number of amides is 2. The Morgan fingerprint density at radius 2 is 1.81 bits per heavy atom. The van der Waals surface area contributed by atoms with Crippen LogP contribution in [0.25, 0.3) is 0 Å². The SMILES string of the molecule is CCN(C(=O)Nc1cc(Cl)cc(Cl)c1)c1ccccc1N. The fourth-order valence-corrected chi connectivity index (χ4v) is 2.50. The maximum absolute atomic E-state index is 12.4. The smallest absolute Gasteiger partial charge is 0.326 e. The van der Waals surface area contributed by atoms with E-state index in [2.05, 4.69) is 5.32 Å². The van der Waals surface area contributed by atoms with Crippen LogP contribution < -0.4 is 16.0 Å². The number of nitrogens with zero attached hydrogens (tertiary/aromatic N) is 1. The zero-order valence-electron chi connectivity index (χ0n) is 11.4. The molecule has 0 saturated carbocycles. The van der Waals surface area contributed by atoms with Gasteiger partial charge in [-0.1, -0.05) is 35.3 Å². The molecule has 0 fully saturated rings. The molecular weight excluding hydrogens is 309 g/mol. The molecule has 6 heteroatoms. The summed E-state index contributed by atoms with van der Waals surface area (Å²) in [7, 11) is 0. The van der Waals surface area contributed by atoms with Gasteiger partial charge in [0.2, 0.25) is 0 Å². The minimum absolute atomic E-state index is 0.297. The van der Waals surface area contributed by atoms with Crippen molar-refractivity contribution in [1.82, 2.24) is 0 Å². The number of hydrogen-bond acceptors (Lipinski definition) is 2. The van der Waals surface area contributed by atoms with Crippen molar-refractivity contribution in [2.75, 3.05) is 22.5 Å². The Morgan fingerprint density at radius 1 is 1.19 bits per heavy atom. The molecule has 4 nitrogen and oxygen atoms in total. The summed E-state index contributed by atoms with van der Waals surface area (Å²) in [5.41, 5.74) is 7.64. The third-order valence-corrected chi connectivity index (χ3v) is 3.34. The molecule has 3 N–H and O–H groups in total. The van der Waals surface area contributed by atoms with Crippen LogP contribution in [0.15, 0.2) is 42.5 Å². The van der Waals surface area contributed by atoms with Crippen molar-refractivity contribution in [2.45, 2.75) is 6.92 Å². The molecule has 0 radical (unpaired) electrons. The lowest BCUT2D eigenvalue weighted by Gasteiger charge is -2.23. The number of nitrogens with one attached hydrogen (secondary N) is 1. The number of urea groups is 1. The van der Waals surface area contributed by atoms with Gasteiger partial charge in [0.15, 0.2) is 0 Å². The Kier molecular flexibility index (Phi) is 4.94. The average molecular weight is 324 g/mol. The van der Waals surface area contributed by atoms with Crippen molar-refractivity contribution in [3.63, 3.8) is 0 Å². The van der Waals surface area contributed by atoms with Crippen molar-refractivity contribution < 1.29 is 4.79 Å². The van der Waals surface area contributed by atoms with E-state index in [4.69, 9.17) is 28.9 Å². The topological polar surface area (TPSA) is 58.4 Å². The lowest BCUT2D eigenvalue weighted by atomic mass is 10.2. The lowest BCUT2D eigenvalue weighted by molar-refractivity contribution is 0.257. The van der Waals surface area contributed by atoms with E-state index in [0.717, 1.165) is 0 Å². The van der Waals surface area contributed by atoms with Crippen LogP contribution in [0.4, 0.5) is 21.9 Å². The molecule has 0 saturated heterocycles. The first-order valence-corrected chi connectivity index (χ1v) is 7.16. The second-order valence-electron chi connectivity index (χ2n) is 4.39. The highest BCUT2D eigenvalue weighted by atomic mass is 35.5. The Morgan fingerprint density at radius 3 is 2.38 bits per heavy atom. The Bertz CT molecular complexity index is 641. The van der Waals surface area contributed by atoms with E-state index in [0.29, 0.717) is 33.7 Å². The zero-order valence-corrected chi connectivity index (χ0v) is 12.9. The Labute approximate surface area is 133 Å². The zero-order chi connectivity index (χ0) is 15.4. The second kappa shape index (κ2) is 6.70. The predicted molar refractivity (Wildman–Crippen MR) is 89.4 cm³/mol. The van der Waals surface area contributed by atoms with E-state index >= 15 is 0 Å². The van der Waals surface area contributed by atoms with Crippen molar-refractivity contribution >= 4 is 46.3 Å². The molecule has 2 aromatic rings. The van der Waals surface area contributed by atoms with Crippen LogP contribution in [0.3, 0.4) is 0 Å². The summed E-state index contributed by atoms with van der Waals surface area (Å²) in [6.45, 7) is 2.35. The highest BCUT2D eigenvalue weighted by Gasteiger charge is 2.16. The van der Waals surface area contributed by atoms with Gasteiger partial charge in [-0.2, -0.15) is 0 Å². The number of nitrogen functional groups attached to an aromatic ring is 1. The fraction of sp³-hybridized carbons (Fsp3) is 0.133. The number of nitrogens with two attached hydrogens (primary N) is 1. The lowest BCUT2D eigenvalue weighted by Crippen LogP contribution is -2.35. The summed E-state index contributed by atoms with van der Waals surface area (Å²) < 4.78 is 0. The maximum atomic E-state index is 12.4. The standard InChI is InChI=1S/C15H15Cl2N3O/c1-2-20(14-6-4-3-5-13(14)18)15(21)19-12-8-10(16)7-11(17)9-12/h3-9H,2,18H2,1H3,(H,19,21). The highest BCUT2D eigenvalue weighted by Crippen LogP contribution is 2.25. The molecule has 0 atom stereocenters. The van der Waals surface area contributed by atoms with E-state index < -0.39 is 0 Å². The van der Waals surface area contributed by atoms with Gasteiger partial charge < -0.3 is 11.1 Å². The average Bonchev–Trinajstić information content (AvgIpc) is 2.40. The summed E-state index contributed by atoms with van der Waals surface area (Å²) in [6, 6.07) is 11.8. The normalized spacial score (nSPS) is 10.2. The van der Waals surface area contributed by atoms with E-state index in [1.165, 1.54) is 0 Å².